The summed E-state index contributed by atoms with van der Waals surface area (Å²) in [5.74, 6) is -0.365. The average molecular weight is 359 g/mol. The summed E-state index contributed by atoms with van der Waals surface area (Å²) in [6.07, 6.45) is 0.321. The molecule has 0 fully saturated rings. The van der Waals surface area contributed by atoms with Gasteiger partial charge in [0.05, 0.1) is 6.54 Å². The highest BCUT2D eigenvalue weighted by atomic mass is 35.5. The summed E-state index contributed by atoms with van der Waals surface area (Å²) in [6, 6.07) is 17.1. The number of benzene rings is 2. The van der Waals surface area contributed by atoms with Gasteiger partial charge in [-0.15, -0.1) is 0 Å². The van der Waals surface area contributed by atoms with E-state index < -0.39 is 0 Å². The fraction of sp³-hybridized carbons (Fsp3) is 0.300. The molecule has 0 spiro atoms. The SMILES string of the molecule is CC(C)(CC(=O)NCC(=O)NCc1ccc(Cl)cc1)c1ccccc1. The van der Waals surface area contributed by atoms with Crippen LogP contribution in [0.5, 0.6) is 0 Å². The Morgan fingerprint density at radius 3 is 2.20 bits per heavy atom. The van der Waals surface area contributed by atoms with Gasteiger partial charge >= 0.3 is 0 Å². The highest BCUT2D eigenvalue weighted by Gasteiger charge is 2.24. The molecule has 0 aliphatic rings. The molecule has 0 aromatic heterocycles. The number of amides is 2. The fourth-order valence-corrected chi connectivity index (χ4v) is 2.63. The first-order valence-electron chi connectivity index (χ1n) is 8.20. The monoisotopic (exact) mass is 358 g/mol. The highest BCUT2D eigenvalue weighted by molar-refractivity contribution is 6.30. The molecule has 5 heteroatoms. The van der Waals surface area contributed by atoms with Crippen molar-refractivity contribution in [3.05, 3.63) is 70.7 Å². The van der Waals surface area contributed by atoms with E-state index in [1.165, 1.54) is 0 Å². The first-order valence-corrected chi connectivity index (χ1v) is 8.58. The van der Waals surface area contributed by atoms with E-state index in [1.807, 2.05) is 56.3 Å². The van der Waals surface area contributed by atoms with E-state index in [-0.39, 0.29) is 23.8 Å². The first-order chi connectivity index (χ1) is 11.9. The molecule has 2 N–H and O–H groups in total. The third-order valence-electron chi connectivity index (χ3n) is 4.01. The second kappa shape index (κ2) is 8.67. The molecule has 2 aromatic rings. The van der Waals surface area contributed by atoms with Crippen LogP contribution in [-0.4, -0.2) is 18.4 Å². The quantitative estimate of drug-likeness (QED) is 0.796. The van der Waals surface area contributed by atoms with E-state index in [0.29, 0.717) is 18.0 Å². The van der Waals surface area contributed by atoms with Crippen molar-refractivity contribution in [3.8, 4) is 0 Å². The molecule has 2 rings (SSSR count). The number of hydrogen-bond donors (Lipinski definition) is 2. The second-order valence-corrected chi connectivity index (χ2v) is 7.04. The van der Waals surface area contributed by atoms with Crippen molar-refractivity contribution in [2.45, 2.75) is 32.2 Å². The molecule has 0 bridgehead atoms. The molecule has 25 heavy (non-hydrogen) atoms. The lowest BCUT2D eigenvalue weighted by molar-refractivity contribution is -0.126. The number of nitrogens with one attached hydrogen (secondary N) is 2. The Balaban J connectivity index is 1.75. The Bertz CT molecular complexity index is 712. The standard InChI is InChI=1S/C20H23ClN2O2/c1-20(2,16-6-4-3-5-7-16)12-18(24)23-14-19(25)22-13-15-8-10-17(21)11-9-15/h3-11H,12-14H2,1-2H3,(H,22,25)(H,23,24). The third kappa shape index (κ3) is 6.24. The van der Waals surface area contributed by atoms with E-state index in [2.05, 4.69) is 10.6 Å². The van der Waals surface area contributed by atoms with E-state index in [9.17, 15) is 9.59 Å². The molecule has 0 unspecified atom stereocenters. The maximum Gasteiger partial charge on any atom is 0.239 e. The number of rotatable bonds is 7. The predicted molar refractivity (Wildman–Crippen MR) is 100 cm³/mol. The van der Waals surface area contributed by atoms with Crippen LogP contribution in [0.15, 0.2) is 54.6 Å². The van der Waals surface area contributed by atoms with Crippen LogP contribution >= 0.6 is 11.6 Å². The van der Waals surface area contributed by atoms with E-state index in [1.54, 1.807) is 12.1 Å². The van der Waals surface area contributed by atoms with Gasteiger partial charge in [-0.2, -0.15) is 0 Å². The summed E-state index contributed by atoms with van der Waals surface area (Å²) in [7, 11) is 0. The molecule has 0 heterocycles. The second-order valence-electron chi connectivity index (χ2n) is 6.61. The van der Waals surface area contributed by atoms with Crippen molar-refractivity contribution in [2.24, 2.45) is 0 Å². The van der Waals surface area contributed by atoms with Crippen LogP contribution in [0.4, 0.5) is 0 Å². The van der Waals surface area contributed by atoms with Crippen molar-refractivity contribution in [1.29, 1.82) is 0 Å². The lowest BCUT2D eigenvalue weighted by Crippen LogP contribution is -2.38. The van der Waals surface area contributed by atoms with Crippen LogP contribution in [0.2, 0.25) is 5.02 Å². The van der Waals surface area contributed by atoms with Crippen molar-refractivity contribution in [1.82, 2.24) is 10.6 Å². The van der Waals surface area contributed by atoms with Gasteiger partial charge in [-0.05, 0) is 28.7 Å². The van der Waals surface area contributed by atoms with Crippen LogP contribution < -0.4 is 10.6 Å². The lowest BCUT2D eigenvalue weighted by Gasteiger charge is -2.24. The van der Waals surface area contributed by atoms with Gasteiger partial charge < -0.3 is 10.6 Å². The number of halogens is 1. The largest absolute Gasteiger partial charge is 0.350 e. The summed E-state index contributed by atoms with van der Waals surface area (Å²) >= 11 is 5.82. The molecule has 2 amide bonds. The van der Waals surface area contributed by atoms with Crippen LogP contribution in [0, 0.1) is 0 Å². The van der Waals surface area contributed by atoms with Gasteiger partial charge in [0.15, 0.2) is 0 Å². The molecule has 0 aliphatic carbocycles. The van der Waals surface area contributed by atoms with Crippen molar-refractivity contribution >= 4 is 23.4 Å². The molecule has 2 aromatic carbocycles. The van der Waals surface area contributed by atoms with Crippen molar-refractivity contribution in [2.75, 3.05) is 6.54 Å². The molecule has 0 saturated heterocycles. The maximum absolute atomic E-state index is 12.1. The Morgan fingerprint density at radius 2 is 1.56 bits per heavy atom. The number of carbonyl (C=O) groups excluding carboxylic acids is 2. The average Bonchev–Trinajstić information content (AvgIpc) is 2.60. The Kier molecular flexibility index (Phi) is 6.59. The van der Waals surface area contributed by atoms with Gasteiger partial charge in [0.2, 0.25) is 11.8 Å². The van der Waals surface area contributed by atoms with Crippen LogP contribution in [-0.2, 0) is 21.5 Å². The summed E-state index contributed by atoms with van der Waals surface area (Å²) in [5.41, 5.74) is 1.76. The van der Waals surface area contributed by atoms with Crippen LogP contribution in [0.25, 0.3) is 0 Å². The Morgan fingerprint density at radius 1 is 0.920 bits per heavy atom. The molecule has 0 saturated carbocycles. The zero-order valence-electron chi connectivity index (χ0n) is 14.5. The topological polar surface area (TPSA) is 58.2 Å². The highest BCUT2D eigenvalue weighted by Crippen LogP contribution is 2.26. The summed E-state index contributed by atoms with van der Waals surface area (Å²) in [4.78, 5) is 24.0. The molecule has 132 valence electrons. The molecule has 0 aliphatic heterocycles. The van der Waals surface area contributed by atoms with Gasteiger partial charge in [0, 0.05) is 18.0 Å². The van der Waals surface area contributed by atoms with E-state index >= 15 is 0 Å². The molecule has 4 nitrogen and oxygen atoms in total. The van der Waals surface area contributed by atoms with Crippen LogP contribution in [0.1, 0.15) is 31.4 Å². The van der Waals surface area contributed by atoms with Gasteiger partial charge in [-0.1, -0.05) is 67.9 Å². The number of hydrogen-bond acceptors (Lipinski definition) is 2. The Hall–Kier alpha value is -2.33. The van der Waals surface area contributed by atoms with E-state index in [4.69, 9.17) is 11.6 Å². The molecule has 0 radical (unpaired) electrons. The van der Waals surface area contributed by atoms with Crippen LogP contribution in [0.3, 0.4) is 0 Å². The summed E-state index contributed by atoms with van der Waals surface area (Å²) in [6.45, 7) is 4.41. The first kappa shape index (κ1) is 19.0. The van der Waals surface area contributed by atoms with Gasteiger partial charge in [-0.3, -0.25) is 9.59 Å². The summed E-state index contributed by atoms with van der Waals surface area (Å²) in [5, 5.41) is 6.11. The molecular weight excluding hydrogens is 336 g/mol. The minimum Gasteiger partial charge on any atom is -0.350 e. The minimum atomic E-state index is -0.287. The van der Waals surface area contributed by atoms with Crippen molar-refractivity contribution in [3.63, 3.8) is 0 Å². The Labute approximate surface area is 153 Å². The molecule has 0 atom stereocenters. The normalized spacial score (nSPS) is 11.0. The zero-order chi connectivity index (χ0) is 18.3. The van der Waals surface area contributed by atoms with Gasteiger partial charge in [0.1, 0.15) is 0 Å². The minimum absolute atomic E-state index is 0.0305. The number of carbonyl (C=O) groups is 2. The van der Waals surface area contributed by atoms with Gasteiger partial charge in [-0.25, -0.2) is 0 Å². The molecular formula is C20H23ClN2O2. The predicted octanol–water partition coefficient (Wildman–Crippen LogP) is 3.44. The zero-order valence-corrected chi connectivity index (χ0v) is 15.3. The van der Waals surface area contributed by atoms with E-state index in [0.717, 1.165) is 11.1 Å². The van der Waals surface area contributed by atoms with Gasteiger partial charge in [0.25, 0.3) is 0 Å². The van der Waals surface area contributed by atoms with Crippen molar-refractivity contribution < 1.29 is 9.59 Å². The maximum atomic E-state index is 12.1. The smallest absolute Gasteiger partial charge is 0.239 e. The third-order valence-corrected chi connectivity index (χ3v) is 4.26. The fourth-order valence-electron chi connectivity index (χ4n) is 2.50. The lowest BCUT2D eigenvalue weighted by atomic mass is 9.81. The summed E-state index contributed by atoms with van der Waals surface area (Å²) < 4.78 is 0.